The molecule has 2 rings (SSSR count). The molecule has 1 saturated heterocycles. The van der Waals surface area contributed by atoms with Gasteiger partial charge >= 0.3 is 0 Å². The van der Waals surface area contributed by atoms with Gasteiger partial charge in [-0.3, -0.25) is 4.79 Å². The normalized spacial score (nSPS) is 20.1. The Kier molecular flexibility index (Phi) is 3.89. The summed E-state index contributed by atoms with van der Waals surface area (Å²) in [6.07, 6.45) is 1.66. The number of amides is 1. The number of likely N-dealkylation sites (tertiary alicyclic amines) is 1. The molecule has 1 aromatic heterocycles. The fourth-order valence-corrected chi connectivity index (χ4v) is 2.36. The minimum absolute atomic E-state index is 0.176. The fourth-order valence-electron chi connectivity index (χ4n) is 2.03. The largest absolute Gasteiger partial charge is 0.336 e. The van der Waals surface area contributed by atoms with Crippen LogP contribution in [0.1, 0.15) is 25.5 Å². The first kappa shape index (κ1) is 12.7. The molecule has 2 heterocycles. The average Bonchev–Trinajstić information content (AvgIpc) is 2.65. The van der Waals surface area contributed by atoms with E-state index in [0.717, 1.165) is 13.0 Å². The van der Waals surface area contributed by atoms with E-state index in [0.29, 0.717) is 34.8 Å². The SMILES string of the molecule is CCC1CC(=O)N(Cc2nc(Cl)ccc2Cl)C1. The number of pyridine rings is 1. The molecule has 3 nitrogen and oxygen atoms in total. The van der Waals surface area contributed by atoms with Crippen molar-refractivity contribution in [2.75, 3.05) is 6.54 Å². The summed E-state index contributed by atoms with van der Waals surface area (Å²) in [5.74, 6) is 0.634. The first-order chi connectivity index (χ1) is 8.10. The van der Waals surface area contributed by atoms with Gasteiger partial charge in [-0.25, -0.2) is 4.98 Å². The molecule has 1 aliphatic rings. The van der Waals surface area contributed by atoms with E-state index >= 15 is 0 Å². The third-order valence-electron chi connectivity index (χ3n) is 3.10. The lowest BCUT2D eigenvalue weighted by Gasteiger charge is -2.16. The topological polar surface area (TPSA) is 33.2 Å². The molecule has 0 radical (unpaired) electrons. The first-order valence-electron chi connectivity index (χ1n) is 5.69. The Labute approximate surface area is 111 Å². The maximum atomic E-state index is 11.8. The van der Waals surface area contributed by atoms with Crippen molar-refractivity contribution >= 4 is 29.1 Å². The molecule has 0 bridgehead atoms. The van der Waals surface area contributed by atoms with Crippen LogP contribution in [0.2, 0.25) is 10.2 Å². The number of carbonyl (C=O) groups excluding carboxylic acids is 1. The van der Waals surface area contributed by atoms with Gasteiger partial charge in [0.1, 0.15) is 5.15 Å². The lowest BCUT2D eigenvalue weighted by Crippen LogP contribution is -2.25. The Morgan fingerprint density at radius 2 is 2.24 bits per heavy atom. The van der Waals surface area contributed by atoms with E-state index in [-0.39, 0.29) is 5.91 Å². The maximum Gasteiger partial charge on any atom is 0.223 e. The van der Waals surface area contributed by atoms with Crippen LogP contribution in [0, 0.1) is 5.92 Å². The first-order valence-corrected chi connectivity index (χ1v) is 6.44. The predicted molar refractivity (Wildman–Crippen MR) is 68.1 cm³/mol. The molecule has 1 atom stereocenters. The van der Waals surface area contributed by atoms with Gasteiger partial charge in [0.2, 0.25) is 5.91 Å². The van der Waals surface area contributed by atoms with Crippen LogP contribution in [0.5, 0.6) is 0 Å². The van der Waals surface area contributed by atoms with E-state index in [4.69, 9.17) is 23.2 Å². The van der Waals surface area contributed by atoms with Crippen molar-refractivity contribution in [1.82, 2.24) is 9.88 Å². The summed E-state index contributed by atoms with van der Waals surface area (Å²) in [5, 5.41) is 0.963. The Morgan fingerprint density at radius 3 is 2.88 bits per heavy atom. The molecular weight excluding hydrogens is 259 g/mol. The van der Waals surface area contributed by atoms with Gasteiger partial charge in [-0.15, -0.1) is 0 Å². The Morgan fingerprint density at radius 1 is 1.47 bits per heavy atom. The molecule has 17 heavy (non-hydrogen) atoms. The van der Waals surface area contributed by atoms with Crippen LogP contribution in [-0.4, -0.2) is 22.3 Å². The van der Waals surface area contributed by atoms with Gasteiger partial charge in [-0.05, 0) is 18.1 Å². The van der Waals surface area contributed by atoms with E-state index in [9.17, 15) is 4.79 Å². The molecule has 1 amide bonds. The minimum atomic E-state index is 0.176. The molecule has 1 aliphatic heterocycles. The summed E-state index contributed by atoms with van der Waals surface area (Å²) < 4.78 is 0. The van der Waals surface area contributed by atoms with E-state index < -0.39 is 0 Å². The van der Waals surface area contributed by atoms with Gasteiger partial charge in [0, 0.05) is 13.0 Å². The molecule has 0 aromatic carbocycles. The molecule has 0 aliphatic carbocycles. The molecule has 1 aromatic rings. The van der Waals surface area contributed by atoms with Crippen molar-refractivity contribution in [1.29, 1.82) is 0 Å². The number of hydrogen-bond donors (Lipinski definition) is 0. The fraction of sp³-hybridized carbons (Fsp3) is 0.500. The third kappa shape index (κ3) is 2.90. The second kappa shape index (κ2) is 5.23. The van der Waals surface area contributed by atoms with Crippen LogP contribution in [0.4, 0.5) is 0 Å². The molecule has 1 unspecified atom stereocenters. The molecule has 92 valence electrons. The van der Waals surface area contributed by atoms with E-state index in [2.05, 4.69) is 11.9 Å². The monoisotopic (exact) mass is 272 g/mol. The van der Waals surface area contributed by atoms with Crippen LogP contribution in [0.15, 0.2) is 12.1 Å². The van der Waals surface area contributed by atoms with Crippen LogP contribution >= 0.6 is 23.2 Å². The highest BCUT2D eigenvalue weighted by Gasteiger charge is 2.28. The smallest absolute Gasteiger partial charge is 0.223 e. The van der Waals surface area contributed by atoms with Gasteiger partial charge in [-0.2, -0.15) is 0 Å². The third-order valence-corrected chi connectivity index (χ3v) is 3.65. The van der Waals surface area contributed by atoms with Crippen molar-refractivity contribution in [3.05, 3.63) is 28.0 Å². The standard InChI is InChI=1S/C12H14Cl2N2O/c1-2-8-5-12(17)16(6-8)7-10-9(13)3-4-11(14)15-10/h3-4,8H,2,5-7H2,1H3. The second-order valence-electron chi connectivity index (χ2n) is 4.32. The van der Waals surface area contributed by atoms with Gasteiger partial charge in [0.15, 0.2) is 0 Å². The van der Waals surface area contributed by atoms with Crippen molar-refractivity contribution in [3.63, 3.8) is 0 Å². The predicted octanol–water partition coefficient (Wildman–Crippen LogP) is 3.15. The number of carbonyl (C=O) groups is 1. The van der Waals surface area contributed by atoms with Crippen LogP contribution in [0.25, 0.3) is 0 Å². The molecule has 0 spiro atoms. The van der Waals surface area contributed by atoms with E-state index in [1.807, 2.05) is 0 Å². The molecular formula is C12H14Cl2N2O. The zero-order chi connectivity index (χ0) is 12.4. The number of halogens is 2. The summed E-state index contributed by atoms with van der Waals surface area (Å²) in [5.41, 5.74) is 0.671. The van der Waals surface area contributed by atoms with Gasteiger partial charge < -0.3 is 4.90 Å². The van der Waals surface area contributed by atoms with Crippen LogP contribution < -0.4 is 0 Å². The summed E-state index contributed by atoms with van der Waals surface area (Å²) in [7, 11) is 0. The second-order valence-corrected chi connectivity index (χ2v) is 5.11. The summed E-state index contributed by atoms with van der Waals surface area (Å²) in [6.45, 7) is 3.35. The molecule has 0 saturated carbocycles. The summed E-state index contributed by atoms with van der Waals surface area (Å²) >= 11 is 11.9. The zero-order valence-corrected chi connectivity index (χ0v) is 11.1. The lowest BCUT2D eigenvalue weighted by atomic mass is 10.1. The zero-order valence-electron chi connectivity index (χ0n) is 9.62. The van der Waals surface area contributed by atoms with Crippen LogP contribution in [-0.2, 0) is 11.3 Å². The number of aromatic nitrogens is 1. The Balaban J connectivity index is 2.11. The number of hydrogen-bond acceptors (Lipinski definition) is 2. The van der Waals surface area contributed by atoms with E-state index in [1.165, 1.54) is 0 Å². The highest BCUT2D eigenvalue weighted by atomic mass is 35.5. The quantitative estimate of drug-likeness (QED) is 0.792. The van der Waals surface area contributed by atoms with Crippen molar-refractivity contribution in [3.8, 4) is 0 Å². The number of nitrogens with zero attached hydrogens (tertiary/aromatic N) is 2. The summed E-state index contributed by atoms with van der Waals surface area (Å²) in [4.78, 5) is 17.7. The number of rotatable bonds is 3. The Bertz CT molecular complexity index is 437. The molecule has 5 heteroatoms. The highest BCUT2D eigenvalue weighted by Crippen LogP contribution is 2.24. The van der Waals surface area contributed by atoms with Crippen molar-refractivity contribution < 1.29 is 4.79 Å². The van der Waals surface area contributed by atoms with Gasteiger partial charge in [0.25, 0.3) is 0 Å². The summed E-state index contributed by atoms with van der Waals surface area (Å²) in [6, 6.07) is 3.36. The average molecular weight is 273 g/mol. The van der Waals surface area contributed by atoms with Gasteiger partial charge in [-0.1, -0.05) is 36.5 Å². The molecule has 0 N–H and O–H groups in total. The van der Waals surface area contributed by atoms with Crippen molar-refractivity contribution in [2.45, 2.75) is 26.3 Å². The van der Waals surface area contributed by atoms with Gasteiger partial charge in [0.05, 0.1) is 17.3 Å². The maximum absolute atomic E-state index is 11.8. The minimum Gasteiger partial charge on any atom is -0.336 e. The van der Waals surface area contributed by atoms with E-state index in [1.54, 1.807) is 17.0 Å². The molecule has 1 fully saturated rings. The van der Waals surface area contributed by atoms with Crippen LogP contribution in [0.3, 0.4) is 0 Å². The lowest BCUT2D eigenvalue weighted by molar-refractivity contribution is -0.128. The Hall–Kier alpha value is -0.800. The van der Waals surface area contributed by atoms with Crippen molar-refractivity contribution in [2.24, 2.45) is 5.92 Å². The highest BCUT2D eigenvalue weighted by molar-refractivity contribution is 6.32.